The quantitative estimate of drug-likeness (QED) is 0.690. The van der Waals surface area contributed by atoms with E-state index in [1.165, 1.54) is 10.8 Å². The van der Waals surface area contributed by atoms with Gasteiger partial charge in [0.25, 0.3) is 0 Å². The molecule has 4 rings (SSSR count). The third kappa shape index (κ3) is 1.94. The van der Waals surface area contributed by atoms with Crippen molar-refractivity contribution in [3.8, 4) is 0 Å². The van der Waals surface area contributed by atoms with Crippen molar-refractivity contribution in [3.05, 3.63) is 84.1 Å². The van der Waals surface area contributed by atoms with Gasteiger partial charge in [-0.1, -0.05) is 66.7 Å². The van der Waals surface area contributed by atoms with Crippen molar-refractivity contribution in [1.29, 1.82) is 0 Å². The van der Waals surface area contributed by atoms with Gasteiger partial charge in [-0.2, -0.15) is 0 Å². The minimum atomic E-state index is -0.889. The van der Waals surface area contributed by atoms with Gasteiger partial charge in [-0.05, 0) is 21.9 Å². The molecule has 1 aliphatic rings. The van der Waals surface area contributed by atoms with Crippen molar-refractivity contribution < 1.29 is 9.68 Å². The maximum Gasteiger partial charge on any atom is 0.560 e. The van der Waals surface area contributed by atoms with Gasteiger partial charge in [0.05, 0.1) is 6.26 Å². The van der Waals surface area contributed by atoms with E-state index in [-0.39, 0.29) is 0 Å². The zero-order valence-electron chi connectivity index (χ0n) is 11.4. The molecule has 0 saturated heterocycles. The summed E-state index contributed by atoms with van der Waals surface area (Å²) in [5, 5.41) is 12.3. The summed E-state index contributed by atoms with van der Waals surface area (Å²) in [4.78, 5) is 0. The zero-order valence-corrected chi connectivity index (χ0v) is 11.4. The Morgan fingerprint density at radius 3 is 2.43 bits per heavy atom. The molecule has 0 atom stereocenters. The van der Waals surface area contributed by atoms with E-state index in [1.807, 2.05) is 42.5 Å². The third-order valence-corrected chi connectivity index (χ3v) is 3.91. The minimum absolute atomic E-state index is 0.808. The van der Waals surface area contributed by atoms with Gasteiger partial charge in [0.15, 0.2) is 0 Å². The van der Waals surface area contributed by atoms with Crippen LogP contribution in [0.5, 0.6) is 0 Å². The zero-order chi connectivity index (χ0) is 14.2. The van der Waals surface area contributed by atoms with Gasteiger partial charge < -0.3 is 9.68 Å². The van der Waals surface area contributed by atoms with E-state index in [9.17, 15) is 5.02 Å². The molecule has 0 saturated carbocycles. The Morgan fingerprint density at radius 1 is 0.762 bits per heavy atom. The van der Waals surface area contributed by atoms with Gasteiger partial charge in [0, 0.05) is 11.0 Å². The lowest BCUT2D eigenvalue weighted by atomic mass is 9.72. The third-order valence-electron chi connectivity index (χ3n) is 3.91. The Kier molecular flexibility index (Phi) is 2.79. The van der Waals surface area contributed by atoms with Crippen molar-refractivity contribution in [1.82, 2.24) is 0 Å². The highest BCUT2D eigenvalue weighted by atomic mass is 16.5. The summed E-state index contributed by atoms with van der Waals surface area (Å²) in [5.74, 6) is 0. The van der Waals surface area contributed by atoms with E-state index in [1.54, 1.807) is 6.26 Å². The second kappa shape index (κ2) is 4.79. The van der Waals surface area contributed by atoms with Gasteiger partial charge in [0.2, 0.25) is 0 Å². The highest BCUT2D eigenvalue weighted by molar-refractivity contribution is 6.62. The van der Waals surface area contributed by atoms with E-state index in [0.29, 0.717) is 0 Å². The average molecular weight is 272 g/mol. The molecule has 0 radical (unpaired) electrons. The van der Waals surface area contributed by atoms with Crippen LogP contribution in [0.25, 0.3) is 16.3 Å². The van der Waals surface area contributed by atoms with Crippen LogP contribution in [0.2, 0.25) is 0 Å². The summed E-state index contributed by atoms with van der Waals surface area (Å²) in [6.07, 6.45) is 1.66. The average Bonchev–Trinajstić information content (AvgIpc) is 2.55. The van der Waals surface area contributed by atoms with Gasteiger partial charge in [0.1, 0.15) is 0 Å². The van der Waals surface area contributed by atoms with Gasteiger partial charge in [-0.3, -0.25) is 0 Å². The standard InChI is InChI=1S/C18H13BO2/c20-19-18-11-4-3-9-16(18)17(12-21-19)15-10-5-7-13-6-1-2-8-14(13)15/h1-12,20H. The fraction of sp³-hybridized carbons (Fsp3) is 0. The molecule has 1 N–H and O–H groups in total. The maximum atomic E-state index is 9.97. The molecule has 3 heteroatoms. The first kappa shape index (κ1) is 12.2. The fourth-order valence-corrected chi connectivity index (χ4v) is 2.90. The number of hydrogen-bond acceptors (Lipinski definition) is 2. The van der Waals surface area contributed by atoms with Crippen LogP contribution in [0.1, 0.15) is 11.1 Å². The molecule has 1 heterocycles. The lowest BCUT2D eigenvalue weighted by Crippen LogP contribution is -2.37. The molecular formula is C18H13BO2. The van der Waals surface area contributed by atoms with Crippen LogP contribution in [0.15, 0.2) is 73.0 Å². The van der Waals surface area contributed by atoms with Gasteiger partial charge in [-0.15, -0.1) is 0 Å². The van der Waals surface area contributed by atoms with E-state index in [4.69, 9.17) is 4.65 Å². The molecule has 1 aliphatic heterocycles. The van der Waals surface area contributed by atoms with Crippen LogP contribution in [-0.2, 0) is 4.65 Å². The summed E-state index contributed by atoms with van der Waals surface area (Å²) >= 11 is 0. The van der Waals surface area contributed by atoms with E-state index < -0.39 is 7.12 Å². The first-order chi connectivity index (χ1) is 10.3. The maximum absolute atomic E-state index is 9.97. The van der Waals surface area contributed by atoms with Crippen LogP contribution in [0, 0.1) is 0 Å². The van der Waals surface area contributed by atoms with Crippen LogP contribution in [0.3, 0.4) is 0 Å². The molecule has 0 unspecified atom stereocenters. The summed E-state index contributed by atoms with van der Waals surface area (Å²) < 4.78 is 5.41. The monoisotopic (exact) mass is 272 g/mol. The SMILES string of the molecule is OB1OC=C(c2cccc3ccccc23)c2ccccc21. The van der Waals surface area contributed by atoms with Crippen LogP contribution in [0.4, 0.5) is 0 Å². The molecule has 0 bridgehead atoms. The van der Waals surface area contributed by atoms with E-state index >= 15 is 0 Å². The van der Waals surface area contributed by atoms with Crippen molar-refractivity contribution >= 4 is 28.9 Å². The van der Waals surface area contributed by atoms with Crippen molar-refractivity contribution in [2.24, 2.45) is 0 Å². The largest absolute Gasteiger partial charge is 0.560 e. The molecule has 100 valence electrons. The topological polar surface area (TPSA) is 29.5 Å². The van der Waals surface area contributed by atoms with E-state index in [2.05, 4.69) is 24.3 Å². The summed E-state index contributed by atoms with van der Waals surface area (Å²) in [6, 6.07) is 22.3. The lowest BCUT2D eigenvalue weighted by Gasteiger charge is -2.21. The highest BCUT2D eigenvalue weighted by Crippen LogP contribution is 2.31. The Hall–Kier alpha value is -2.52. The second-order valence-corrected chi connectivity index (χ2v) is 5.13. The molecule has 0 fully saturated rings. The van der Waals surface area contributed by atoms with Gasteiger partial charge >= 0.3 is 7.12 Å². The molecule has 3 aromatic rings. The Morgan fingerprint density at radius 2 is 1.48 bits per heavy atom. The number of rotatable bonds is 1. The molecule has 2 nitrogen and oxygen atoms in total. The first-order valence-electron chi connectivity index (χ1n) is 6.96. The summed E-state index contributed by atoms with van der Waals surface area (Å²) in [6.45, 7) is 0. The number of fused-ring (bicyclic) bond motifs is 2. The predicted molar refractivity (Wildman–Crippen MR) is 86.2 cm³/mol. The summed E-state index contributed by atoms with van der Waals surface area (Å²) in [5.41, 5.74) is 3.95. The van der Waals surface area contributed by atoms with Crippen LogP contribution < -0.4 is 5.46 Å². The van der Waals surface area contributed by atoms with Crippen LogP contribution >= 0.6 is 0 Å². The normalized spacial score (nSPS) is 13.6. The number of benzene rings is 3. The van der Waals surface area contributed by atoms with Gasteiger partial charge in [-0.25, -0.2) is 0 Å². The molecule has 0 aliphatic carbocycles. The Labute approximate surface area is 123 Å². The first-order valence-corrected chi connectivity index (χ1v) is 6.96. The molecule has 0 amide bonds. The molecule has 0 aromatic heterocycles. The summed E-state index contributed by atoms with van der Waals surface area (Å²) in [7, 11) is -0.889. The fourth-order valence-electron chi connectivity index (χ4n) is 2.90. The molecule has 21 heavy (non-hydrogen) atoms. The highest BCUT2D eigenvalue weighted by Gasteiger charge is 2.27. The molecule has 0 spiro atoms. The predicted octanol–water partition coefficient (Wildman–Crippen LogP) is 2.95. The minimum Gasteiger partial charge on any atom is -0.538 e. The second-order valence-electron chi connectivity index (χ2n) is 5.13. The van der Waals surface area contributed by atoms with Crippen molar-refractivity contribution in [2.45, 2.75) is 0 Å². The Balaban J connectivity index is 1.98. The van der Waals surface area contributed by atoms with E-state index in [0.717, 1.165) is 22.2 Å². The van der Waals surface area contributed by atoms with Crippen molar-refractivity contribution in [3.63, 3.8) is 0 Å². The number of hydrogen-bond donors (Lipinski definition) is 1. The Bertz CT molecular complexity index is 849. The smallest absolute Gasteiger partial charge is 0.538 e. The van der Waals surface area contributed by atoms with Crippen LogP contribution in [-0.4, -0.2) is 12.1 Å². The molecule has 3 aromatic carbocycles. The molecular weight excluding hydrogens is 259 g/mol. The van der Waals surface area contributed by atoms with Crippen molar-refractivity contribution in [2.75, 3.05) is 0 Å². The lowest BCUT2D eigenvalue weighted by molar-refractivity contribution is 0.385.